The Morgan fingerprint density at radius 1 is 1.38 bits per heavy atom. The SMILES string of the molecule is CC(Nc1cc2c(cc1F)CCC(=O)N2)c1cc(Br)cs1. The third kappa shape index (κ3) is 3.11. The second-order valence-corrected chi connectivity index (χ2v) is 6.93. The van der Waals surface area contributed by atoms with E-state index < -0.39 is 0 Å². The normalized spacial score (nSPS) is 15.3. The summed E-state index contributed by atoms with van der Waals surface area (Å²) < 4.78 is 15.2. The molecule has 1 aliphatic heterocycles. The van der Waals surface area contributed by atoms with Gasteiger partial charge in [0.2, 0.25) is 5.91 Å². The zero-order valence-electron chi connectivity index (χ0n) is 11.4. The summed E-state index contributed by atoms with van der Waals surface area (Å²) in [5.74, 6) is -0.303. The van der Waals surface area contributed by atoms with Crippen molar-refractivity contribution >= 4 is 44.5 Å². The maximum absolute atomic E-state index is 14.2. The lowest BCUT2D eigenvalue weighted by molar-refractivity contribution is -0.116. The van der Waals surface area contributed by atoms with Crippen molar-refractivity contribution in [1.29, 1.82) is 0 Å². The first-order chi connectivity index (χ1) is 10.0. The van der Waals surface area contributed by atoms with Crippen LogP contribution in [0.4, 0.5) is 15.8 Å². The Balaban J connectivity index is 1.85. The van der Waals surface area contributed by atoms with Crippen molar-refractivity contribution in [1.82, 2.24) is 0 Å². The Morgan fingerprint density at radius 2 is 2.19 bits per heavy atom. The molecule has 1 atom stereocenters. The smallest absolute Gasteiger partial charge is 0.224 e. The van der Waals surface area contributed by atoms with E-state index in [1.807, 2.05) is 18.4 Å². The summed E-state index contributed by atoms with van der Waals surface area (Å²) in [6.07, 6.45) is 1.00. The van der Waals surface area contributed by atoms with Crippen LogP contribution in [0.25, 0.3) is 0 Å². The highest BCUT2D eigenvalue weighted by molar-refractivity contribution is 9.10. The molecule has 110 valence electrons. The van der Waals surface area contributed by atoms with Crippen LogP contribution in [0.1, 0.15) is 29.8 Å². The molecule has 0 bridgehead atoms. The van der Waals surface area contributed by atoms with E-state index in [1.54, 1.807) is 17.4 Å². The van der Waals surface area contributed by atoms with Gasteiger partial charge < -0.3 is 10.6 Å². The Kier molecular flexibility index (Phi) is 3.99. The second kappa shape index (κ2) is 5.77. The van der Waals surface area contributed by atoms with Crippen molar-refractivity contribution in [3.05, 3.63) is 44.3 Å². The average molecular weight is 369 g/mol. The number of carbonyl (C=O) groups excluding carboxylic acids is 1. The summed E-state index contributed by atoms with van der Waals surface area (Å²) in [4.78, 5) is 12.6. The maximum Gasteiger partial charge on any atom is 0.224 e. The quantitative estimate of drug-likeness (QED) is 0.823. The Morgan fingerprint density at radius 3 is 2.90 bits per heavy atom. The summed E-state index contributed by atoms with van der Waals surface area (Å²) in [5.41, 5.74) is 1.96. The zero-order valence-corrected chi connectivity index (χ0v) is 13.8. The third-order valence-electron chi connectivity index (χ3n) is 3.47. The highest BCUT2D eigenvalue weighted by Gasteiger charge is 2.18. The van der Waals surface area contributed by atoms with E-state index in [9.17, 15) is 9.18 Å². The Labute approximate surface area is 134 Å². The summed E-state index contributed by atoms with van der Waals surface area (Å²) in [6, 6.07) is 5.20. The number of carbonyl (C=O) groups is 1. The van der Waals surface area contributed by atoms with Crippen LogP contribution in [0.3, 0.4) is 0 Å². The van der Waals surface area contributed by atoms with Crippen LogP contribution >= 0.6 is 27.3 Å². The van der Waals surface area contributed by atoms with Crippen molar-refractivity contribution < 1.29 is 9.18 Å². The van der Waals surface area contributed by atoms with Gasteiger partial charge in [0.1, 0.15) is 5.82 Å². The maximum atomic E-state index is 14.2. The van der Waals surface area contributed by atoms with Crippen molar-refractivity contribution in [2.45, 2.75) is 25.8 Å². The van der Waals surface area contributed by atoms with E-state index in [4.69, 9.17) is 0 Å². The predicted octanol–water partition coefficient (Wildman–Crippen LogP) is 4.71. The predicted molar refractivity (Wildman–Crippen MR) is 87.4 cm³/mol. The minimum atomic E-state index is -0.285. The van der Waals surface area contributed by atoms with E-state index in [1.165, 1.54) is 6.07 Å². The van der Waals surface area contributed by atoms with Crippen LogP contribution in [0.15, 0.2) is 28.1 Å². The molecular formula is C15H14BrFN2OS. The van der Waals surface area contributed by atoms with E-state index in [-0.39, 0.29) is 17.8 Å². The van der Waals surface area contributed by atoms with Crippen molar-refractivity contribution in [2.75, 3.05) is 10.6 Å². The van der Waals surface area contributed by atoms with Gasteiger partial charge in [-0.3, -0.25) is 4.79 Å². The van der Waals surface area contributed by atoms with Crippen molar-refractivity contribution in [3.63, 3.8) is 0 Å². The van der Waals surface area contributed by atoms with E-state index >= 15 is 0 Å². The van der Waals surface area contributed by atoms with E-state index in [0.717, 1.165) is 14.9 Å². The molecule has 0 saturated heterocycles. The lowest BCUT2D eigenvalue weighted by atomic mass is 10.0. The highest BCUT2D eigenvalue weighted by Crippen LogP contribution is 2.32. The van der Waals surface area contributed by atoms with Gasteiger partial charge in [0.15, 0.2) is 0 Å². The van der Waals surface area contributed by atoms with Crippen LogP contribution in [0.2, 0.25) is 0 Å². The van der Waals surface area contributed by atoms with Gasteiger partial charge in [0, 0.05) is 26.8 Å². The van der Waals surface area contributed by atoms with Gasteiger partial charge in [-0.15, -0.1) is 11.3 Å². The molecule has 21 heavy (non-hydrogen) atoms. The minimum Gasteiger partial charge on any atom is -0.375 e. The molecule has 0 radical (unpaired) electrons. The van der Waals surface area contributed by atoms with E-state index in [2.05, 4.69) is 26.6 Å². The summed E-state index contributed by atoms with van der Waals surface area (Å²) in [6.45, 7) is 1.98. The molecule has 3 nitrogen and oxygen atoms in total. The van der Waals surface area contributed by atoms with Gasteiger partial charge in [-0.1, -0.05) is 0 Å². The summed E-state index contributed by atoms with van der Waals surface area (Å²) in [7, 11) is 0. The lowest BCUT2D eigenvalue weighted by Gasteiger charge is -2.20. The lowest BCUT2D eigenvalue weighted by Crippen LogP contribution is -2.19. The average Bonchev–Trinajstić information content (AvgIpc) is 2.87. The number of hydrogen-bond acceptors (Lipinski definition) is 3. The first-order valence-corrected chi connectivity index (χ1v) is 8.33. The number of fused-ring (bicyclic) bond motifs is 1. The first kappa shape index (κ1) is 14.5. The van der Waals surface area contributed by atoms with Crippen molar-refractivity contribution in [3.8, 4) is 0 Å². The fourth-order valence-corrected chi connectivity index (χ4v) is 3.82. The van der Waals surface area contributed by atoms with Crippen LogP contribution in [0, 0.1) is 5.82 Å². The molecule has 1 aliphatic rings. The molecule has 1 unspecified atom stereocenters. The Bertz CT molecular complexity index is 701. The molecule has 1 aromatic carbocycles. The number of halogens is 2. The molecule has 2 heterocycles. The van der Waals surface area contributed by atoms with Crippen LogP contribution in [-0.2, 0) is 11.2 Å². The number of aryl methyl sites for hydroxylation is 1. The molecule has 0 spiro atoms. The van der Waals surface area contributed by atoms with Gasteiger partial charge in [-0.2, -0.15) is 0 Å². The fourth-order valence-electron chi connectivity index (χ4n) is 2.37. The number of anilines is 2. The number of amides is 1. The molecule has 1 amide bonds. The largest absolute Gasteiger partial charge is 0.375 e. The van der Waals surface area contributed by atoms with Crippen molar-refractivity contribution in [2.24, 2.45) is 0 Å². The topological polar surface area (TPSA) is 41.1 Å². The van der Waals surface area contributed by atoms with Gasteiger partial charge in [0.25, 0.3) is 0 Å². The number of rotatable bonds is 3. The second-order valence-electron chi connectivity index (χ2n) is 5.07. The van der Waals surface area contributed by atoms with E-state index in [0.29, 0.717) is 24.2 Å². The molecule has 0 fully saturated rings. The van der Waals surface area contributed by atoms with Crippen LogP contribution < -0.4 is 10.6 Å². The van der Waals surface area contributed by atoms with Gasteiger partial charge in [-0.05, 0) is 53.0 Å². The first-order valence-electron chi connectivity index (χ1n) is 6.65. The molecule has 6 heteroatoms. The zero-order chi connectivity index (χ0) is 15.0. The fraction of sp³-hybridized carbons (Fsp3) is 0.267. The highest BCUT2D eigenvalue weighted by atomic mass is 79.9. The molecule has 3 rings (SSSR count). The minimum absolute atomic E-state index is 0.00635. The molecular weight excluding hydrogens is 355 g/mol. The molecule has 2 N–H and O–H groups in total. The number of nitrogens with one attached hydrogen (secondary N) is 2. The van der Waals surface area contributed by atoms with Gasteiger partial charge >= 0.3 is 0 Å². The Hall–Kier alpha value is -1.40. The molecule has 1 aromatic heterocycles. The van der Waals surface area contributed by atoms with Crippen LogP contribution in [0.5, 0.6) is 0 Å². The molecule has 2 aromatic rings. The van der Waals surface area contributed by atoms with Crippen LogP contribution in [-0.4, -0.2) is 5.91 Å². The number of hydrogen-bond donors (Lipinski definition) is 2. The van der Waals surface area contributed by atoms with Gasteiger partial charge in [0.05, 0.1) is 11.7 Å². The third-order valence-corrected chi connectivity index (χ3v) is 5.35. The summed E-state index contributed by atoms with van der Waals surface area (Å²) >= 11 is 5.03. The number of benzene rings is 1. The summed E-state index contributed by atoms with van der Waals surface area (Å²) in [5, 5.41) is 7.96. The molecule has 0 saturated carbocycles. The molecule has 0 aliphatic carbocycles. The number of thiophene rings is 1. The monoisotopic (exact) mass is 368 g/mol. The standard InChI is InChI=1S/C15H14BrFN2OS/c1-8(14-5-10(16)7-21-14)18-13-6-12-9(4-11(13)17)2-3-15(20)19-12/h4-8,18H,2-3H2,1H3,(H,19,20). The van der Waals surface area contributed by atoms with Gasteiger partial charge in [-0.25, -0.2) is 4.39 Å².